The van der Waals surface area contributed by atoms with Crippen LogP contribution in [0.3, 0.4) is 0 Å². The predicted octanol–water partition coefficient (Wildman–Crippen LogP) is -0.186. The summed E-state index contributed by atoms with van der Waals surface area (Å²) in [7, 11) is 0. The zero-order chi connectivity index (χ0) is 21.9. The average Bonchev–Trinajstić information content (AvgIpc) is 3.15. The molecule has 0 aromatic carbocycles. The number of thiazole rings is 1. The number of likely N-dealkylation sites (N-methyl/N-ethyl adjacent to an activating group) is 1. The standard InChI is InChI=1S/C17H22N6O5S2/c1-3-19-5-9-6-23-13(25)17(15(26)27,14(23)29-7-9)21-12(24)11(22-28-4-2)10-8-30-16(18)20-10/h6,8,14,19H,3-5,7H2,1-2H3,(H2,18,20)(H,21,24)(H,26,27)/b22-11-/t14-,17?/m0/s1. The molecule has 3 rings (SSSR count). The Bertz CT molecular complexity index is 916. The summed E-state index contributed by atoms with van der Waals surface area (Å²) in [5.41, 5.74) is 4.38. The first kappa shape index (κ1) is 22.1. The highest BCUT2D eigenvalue weighted by Crippen LogP contribution is 2.43. The number of carboxylic acids is 1. The van der Waals surface area contributed by atoms with Crippen LogP contribution in [0.15, 0.2) is 22.3 Å². The number of nitrogens with one attached hydrogen (secondary N) is 2. The highest BCUT2D eigenvalue weighted by Gasteiger charge is 2.68. The molecule has 2 atom stereocenters. The molecule has 2 aliphatic rings. The molecule has 1 fully saturated rings. The van der Waals surface area contributed by atoms with Crippen LogP contribution in [-0.2, 0) is 19.2 Å². The lowest BCUT2D eigenvalue weighted by Crippen LogP contribution is -2.82. The average molecular weight is 455 g/mol. The second kappa shape index (κ2) is 9.02. The smallest absolute Gasteiger partial charge is 0.342 e. The van der Waals surface area contributed by atoms with E-state index in [2.05, 4.69) is 20.8 Å². The number of nitrogens with two attached hydrogens (primary N) is 1. The van der Waals surface area contributed by atoms with E-state index in [4.69, 9.17) is 10.6 Å². The van der Waals surface area contributed by atoms with Crippen LogP contribution >= 0.6 is 23.1 Å². The summed E-state index contributed by atoms with van der Waals surface area (Å²) < 4.78 is 0. The number of fused-ring (bicyclic) bond motifs is 1. The number of aliphatic carboxylic acids is 1. The minimum absolute atomic E-state index is 0.136. The van der Waals surface area contributed by atoms with Gasteiger partial charge in [0.05, 0.1) is 0 Å². The van der Waals surface area contributed by atoms with E-state index in [0.717, 1.165) is 23.5 Å². The topological polar surface area (TPSA) is 159 Å². The molecule has 5 N–H and O–H groups in total. The molecule has 0 radical (unpaired) electrons. The Balaban J connectivity index is 1.85. The van der Waals surface area contributed by atoms with E-state index in [-0.39, 0.29) is 23.1 Å². The fourth-order valence-electron chi connectivity index (χ4n) is 3.03. The molecule has 0 spiro atoms. The quantitative estimate of drug-likeness (QED) is 0.172. The number of thioether (sulfide) groups is 1. The summed E-state index contributed by atoms with van der Waals surface area (Å²) in [6.07, 6.45) is 1.65. The van der Waals surface area contributed by atoms with E-state index < -0.39 is 28.7 Å². The summed E-state index contributed by atoms with van der Waals surface area (Å²) >= 11 is 2.37. The highest BCUT2D eigenvalue weighted by atomic mass is 32.2. The van der Waals surface area contributed by atoms with Gasteiger partial charge in [-0.2, -0.15) is 0 Å². The third-order valence-electron chi connectivity index (χ3n) is 4.46. The van der Waals surface area contributed by atoms with Gasteiger partial charge < -0.3 is 31.2 Å². The number of oxime groups is 1. The van der Waals surface area contributed by atoms with Gasteiger partial charge in [-0.05, 0) is 19.0 Å². The second-order valence-electron chi connectivity index (χ2n) is 6.44. The number of β-lactam (4-membered cyclic amide) rings is 1. The van der Waals surface area contributed by atoms with Crippen molar-refractivity contribution in [3.63, 3.8) is 0 Å². The lowest BCUT2D eigenvalue weighted by molar-refractivity contribution is -0.169. The number of rotatable bonds is 9. The lowest BCUT2D eigenvalue weighted by atomic mass is 9.87. The molecule has 1 unspecified atom stereocenters. The molecule has 0 bridgehead atoms. The molecular formula is C17H22N6O5S2. The maximum Gasteiger partial charge on any atom is 0.342 e. The van der Waals surface area contributed by atoms with Gasteiger partial charge in [0, 0.05) is 23.9 Å². The van der Waals surface area contributed by atoms with E-state index in [1.807, 2.05) is 6.92 Å². The minimum Gasteiger partial charge on any atom is -0.479 e. The van der Waals surface area contributed by atoms with Crippen molar-refractivity contribution in [2.45, 2.75) is 24.8 Å². The number of anilines is 1. The molecule has 0 saturated carbocycles. The van der Waals surface area contributed by atoms with Gasteiger partial charge in [0.2, 0.25) is 5.54 Å². The van der Waals surface area contributed by atoms with Crippen molar-refractivity contribution in [2.75, 3.05) is 31.2 Å². The van der Waals surface area contributed by atoms with Gasteiger partial charge in [-0.15, -0.1) is 23.1 Å². The van der Waals surface area contributed by atoms with Gasteiger partial charge in [-0.1, -0.05) is 12.1 Å². The Morgan fingerprint density at radius 3 is 2.87 bits per heavy atom. The van der Waals surface area contributed by atoms with Crippen molar-refractivity contribution in [2.24, 2.45) is 5.16 Å². The fourth-order valence-corrected chi connectivity index (χ4v) is 4.95. The van der Waals surface area contributed by atoms with E-state index in [1.165, 1.54) is 22.0 Å². The number of nitrogens with zero attached hydrogens (tertiary/aromatic N) is 3. The summed E-state index contributed by atoms with van der Waals surface area (Å²) in [5, 5.41) is 20.1. The molecular weight excluding hydrogens is 432 g/mol. The highest BCUT2D eigenvalue weighted by molar-refractivity contribution is 8.00. The van der Waals surface area contributed by atoms with Crippen LogP contribution in [0.5, 0.6) is 0 Å². The summed E-state index contributed by atoms with van der Waals surface area (Å²) in [6, 6.07) is 0. The summed E-state index contributed by atoms with van der Waals surface area (Å²) in [4.78, 5) is 48.2. The van der Waals surface area contributed by atoms with E-state index in [1.54, 1.807) is 13.1 Å². The molecule has 1 aromatic heterocycles. The maximum atomic E-state index is 12.9. The fraction of sp³-hybridized carbons (Fsp3) is 0.471. The van der Waals surface area contributed by atoms with Crippen LogP contribution < -0.4 is 16.4 Å². The van der Waals surface area contributed by atoms with Crippen LogP contribution in [0.1, 0.15) is 19.5 Å². The molecule has 1 saturated heterocycles. The summed E-state index contributed by atoms with van der Waals surface area (Å²) in [6.45, 7) is 5.21. The molecule has 0 aliphatic carbocycles. The largest absolute Gasteiger partial charge is 0.479 e. The SMILES string of the molecule is CCNCC1=CN2C(=O)C(NC(=O)/C(=N\OCC)c3csc(N)n3)(C(=O)O)[C@@H]2SC1. The van der Waals surface area contributed by atoms with Crippen molar-refractivity contribution in [1.29, 1.82) is 0 Å². The maximum absolute atomic E-state index is 12.9. The van der Waals surface area contributed by atoms with Crippen molar-refractivity contribution < 1.29 is 24.3 Å². The third-order valence-corrected chi connectivity index (χ3v) is 6.57. The Kier molecular flexibility index (Phi) is 6.63. The van der Waals surface area contributed by atoms with Crippen LogP contribution in [0.2, 0.25) is 0 Å². The number of carbonyl (C=O) groups excluding carboxylic acids is 2. The van der Waals surface area contributed by atoms with E-state index >= 15 is 0 Å². The number of hydrogen-bond acceptors (Lipinski definition) is 10. The number of amides is 2. The number of hydrogen-bond donors (Lipinski definition) is 4. The van der Waals surface area contributed by atoms with Gasteiger partial charge in [0.25, 0.3) is 11.8 Å². The van der Waals surface area contributed by atoms with Gasteiger partial charge in [-0.25, -0.2) is 9.78 Å². The normalized spacial score (nSPS) is 23.3. The van der Waals surface area contributed by atoms with Crippen molar-refractivity contribution in [1.82, 2.24) is 20.5 Å². The van der Waals surface area contributed by atoms with Crippen molar-refractivity contribution in [3.8, 4) is 0 Å². The number of carboxylic acid groups (broad SMARTS) is 1. The van der Waals surface area contributed by atoms with E-state index in [0.29, 0.717) is 12.3 Å². The third kappa shape index (κ3) is 3.87. The zero-order valence-electron chi connectivity index (χ0n) is 16.4. The monoisotopic (exact) mass is 454 g/mol. The van der Waals surface area contributed by atoms with Gasteiger partial charge in [0.15, 0.2) is 10.8 Å². The Morgan fingerprint density at radius 2 is 2.27 bits per heavy atom. The first-order valence-electron chi connectivity index (χ1n) is 9.17. The molecule has 2 aliphatic heterocycles. The molecule has 3 heterocycles. The molecule has 1 aromatic rings. The van der Waals surface area contributed by atoms with Gasteiger partial charge in [0.1, 0.15) is 17.7 Å². The Labute approximate surface area is 180 Å². The number of carbonyl (C=O) groups is 3. The minimum atomic E-state index is -2.10. The van der Waals surface area contributed by atoms with Crippen LogP contribution in [-0.4, -0.2) is 74.8 Å². The molecule has 2 amide bonds. The van der Waals surface area contributed by atoms with Gasteiger partial charge >= 0.3 is 5.97 Å². The lowest BCUT2D eigenvalue weighted by Gasteiger charge is -2.53. The van der Waals surface area contributed by atoms with Crippen LogP contribution in [0, 0.1) is 0 Å². The molecule has 13 heteroatoms. The molecule has 162 valence electrons. The predicted molar refractivity (Wildman–Crippen MR) is 113 cm³/mol. The van der Waals surface area contributed by atoms with Crippen LogP contribution in [0.4, 0.5) is 5.13 Å². The number of nitrogen functional groups attached to an aromatic ring is 1. The van der Waals surface area contributed by atoms with E-state index in [9.17, 15) is 19.5 Å². The first-order chi connectivity index (χ1) is 14.3. The zero-order valence-corrected chi connectivity index (χ0v) is 18.0. The second-order valence-corrected chi connectivity index (χ2v) is 8.40. The Hall–Kier alpha value is -2.64. The van der Waals surface area contributed by atoms with Crippen molar-refractivity contribution in [3.05, 3.63) is 22.8 Å². The van der Waals surface area contributed by atoms with Crippen LogP contribution in [0.25, 0.3) is 0 Å². The van der Waals surface area contributed by atoms with Crippen molar-refractivity contribution >= 4 is 51.7 Å². The first-order valence-corrected chi connectivity index (χ1v) is 11.1. The summed E-state index contributed by atoms with van der Waals surface area (Å²) in [5.74, 6) is -2.50. The molecule has 11 nitrogen and oxygen atoms in total. The Morgan fingerprint density at radius 1 is 1.50 bits per heavy atom. The number of aromatic nitrogens is 1. The molecule has 30 heavy (non-hydrogen) atoms. The van der Waals surface area contributed by atoms with Gasteiger partial charge in [-0.3, -0.25) is 9.59 Å².